The Kier molecular flexibility index (Phi) is 3.71. The van der Waals surface area contributed by atoms with E-state index in [0.29, 0.717) is 10.0 Å². The first-order valence-electron chi connectivity index (χ1n) is 5.15. The fourth-order valence-corrected chi connectivity index (χ4v) is 1.81. The van der Waals surface area contributed by atoms with Crippen LogP contribution in [0.5, 0.6) is 0 Å². The Labute approximate surface area is 111 Å². The first-order valence-corrected chi connectivity index (χ1v) is 5.94. The maximum Gasteiger partial charge on any atom is 0.129 e. The number of para-hydroxylation sites is 1. The van der Waals surface area contributed by atoms with E-state index in [1.165, 1.54) is 0 Å². The summed E-state index contributed by atoms with van der Waals surface area (Å²) in [7, 11) is 0. The number of halogens is 1. The average Bonchev–Trinajstić information content (AvgIpc) is 2.32. The molecule has 0 aliphatic rings. The Balaban J connectivity index is 2.20. The van der Waals surface area contributed by atoms with Gasteiger partial charge in [-0.15, -0.1) is 0 Å². The van der Waals surface area contributed by atoms with E-state index in [0.717, 1.165) is 16.9 Å². The van der Waals surface area contributed by atoms with E-state index in [-0.39, 0.29) is 0 Å². The van der Waals surface area contributed by atoms with Gasteiger partial charge in [-0.3, -0.25) is 4.98 Å². The number of pyridine rings is 1. The molecule has 0 aliphatic carbocycles. The minimum atomic E-state index is 0.571. The van der Waals surface area contributed by atoms with E-state index < -0.39 is 0 Å². The largest absolute Gasteiger partial charge is 0.344 e. The van der Waals surface area contributed by atoms with Crippen LogP contribution in [0.3, 0.4) is 0 Å². The van der Waals surface area contributed by atoms with Crippen LogP contribution in [-0.2, 0) is 0 Å². The first-order chi connectivity index (χ1) is 8.16. The molecule has 1 aromatic carbocycles. The van der Waals surface area contributed by atoms with Crippen molar-refractivity contribution in [3.63, 3.8) is 0 Å². The van der Waals surface area contributed by atoms with Gasteiger partial charge in [0.25, 0.3) is 0 Å². The zero-order valence-corrected chi connectivity index (χ0v) is 10.8. The Morgan fingerprint density at radius 1 is 1.29 bits per heavy atom. The van der Waals surface area contributed by atoms with Crippen LogP contribution in [0.4, 0.5) is 5.69 Å². The normalized spacial score (nSPS) is 10.0. The third-order valence-corrected chi connectivity index (χ3v) is 2.91. The summed E-state index contributed by atoms with van der Waals surface area (Å²) in [5.74, 6) is 0. The van der Waals surface area contributed by atoms with Crippen LogP contribution in [-0.4, -0.2) is 9.97 Å². The molecule has 0 unspecified atom stereocenters. The minimum absolute atomic E-state index is 0.571. The van der Waals surface area contributed by atoms with Gasteiger partial charge in [0.15, 0.2) is 0 Å². The number of aryl methyl sites for hydroxylation is 1. The number of thiocarbonyl (C=S) groups is 1. The van der Waals surface area contributed by atoms with Crippen molar-refractivity contribution in [3.8, 4) is 0 Å². The van der Waals surface area contributed by atoms with E-state index in [1.807, 2.05) is 43.3 Å². The number of nitrogens with zero attached hydrogens (tertiary/aromatic N) is 1. The predicted molar refractivity (Wildman–Crippen MR) is 75.7 cm³/mol. The van der Waals surface area contributed by atoms with Crippen molar-refractivity contribution in [1.82, 2.24) is 4.98 Å². The van der Waals surface area contributed by atoms with Gasteiger partial charge in [0.05, 0.1) is 16.4 Å². The number of anilines is 1. The summed E-state index contributed by atoms with van der Waals surface area (Å²) in [6.07, 6.45) is 1.74. The second-order valence-electron chi connectivity index (χ2n) is 3.65. The zero-order chi connectivity index (χ0) is 12.3. The molecule has 0 fully saturated rings. The van der Waals surface area contributed by atoms with Crippen molar-refractivity contribution >= 4 is 34.5 Å². The number of rotatable bonds is 2. The van der Waals surface area contributed by atoms with E-state index in [1.54, 1.807) is 6.20 Å². The van der Waals surface area contributed by atoms with Gasteiger partial charge in [0, 0.05) is 6.20 Å². The van der Waals surface area contributed by atoms with Crippen LogP contribution in [0.2, 0.25) is 5.02 Å². The average molecular weight is 263 g/mol. The second kappa shape index (κ2) is 5.25. The summed E-state index contributed by atoms with van der Waals surface area (Å²) in [4.78, 5) is 4.79. The second-order valence-corrected chi connectivity index (χ2v) is 4.47. The zero-order valence-electron chi connectivity index (χ0n) is 9.27. The molecule has 2 aromatic rings. The summed E-state index contributed by atoms with van der Waals surface area (Å²) in [6, 6.07) is 11.3. The fraction of sp³-hybridized carbons (Fsp3) is 0.0769. The van der Waals surface area contributed by atoms with Crippen LogP contribution in [0, 0.1) is 6.92 Å². The molecule has 4 heteroatoms. The molecule has 1 heterocycles. The summed E-state index contributed by atoms with van der Waals surface area (Å²) < 4.78 is 0. The smallest absolute Gasteiger partial charge is 0.129 e. The first kappa shape index (κ1) is 12.0. The van der Waals surface area contributed by atoms with Crippen LogP contribution in [0.1, 0.15) is 11.3 Å². The molecule has 0 spiro atoms. The van der Waals surface area contributed by atoms with Crippen molar-refractivity contribution in [3.05, 3.63) is 58.9 Å². The van der Waals surface area contributed by atoms with E-state index >= 15 is 0 Å². The van der Waals surface area contributed by atoms with Gasteiger partial charge < -0.3 is 5.32 Å². The monoisotopic (exact) mass is 262 g/mol. The Hall–Kier alpha value is -1.45. The van der Waals surface area contributed by atoms with Crippen molar-refractivity contribution in [2.24, 2.45) is 0 Å². The highest BCUT2D eigenvalue weighted by Gasteiger charge is 2.05. The standard InChI is InChI=1S/C13H11ClN2S/c1-9-6-7-15-12(8-9)13(17)16-11-5-3-2-4-10(11)14/h2-8H,1H3,(H,16,17). The predicted octanol–water partition coefficient (Wildman–Crippen LogP) is 3.83. The van der Waals surface area contributed by atoms with E-state index in [4.69, 9.17) is 23.8 Å². The molecule has 1 N–H and O–H groups in total. The maximum atomic E-state index is 6.04. The molecule has 0 saturated heterocycles. The van der Waals surface area contributed by atoms with Gasteiger partial charge in [-0.25, -0.2) is 0 Å². The van der Waals surface area contributed by atoms with Gasteiger partial charge in [-0.2, -0.15) is 0 Å². The molecule has 0 saturated carbocycles. The molecule has 2 nitrogen and oxygen atoms in total. The molecule has 2 rings (SSSR count). The van der Waals surface area contributed by atoms with Gasteiger partial charge in [0.2, 0.25) is 0 Å². The van der Waals surface area contributed by atoms with Crippen LogP contribution in [0.15, 0.2) is 42.6 Å². The minimum Gasteiger partial charge on any atom is -0.344 e. The number of aromatic nitrogens is 1. The highest BCUT2D eigenvalue weighted by Crippen LogP contribution is 2.21. The molecule has 0 atom stereocenters. The third-order valence-electron chi connectivity index (χ3n) is 2.27. The molecule has 0 radical (unpaired) electrons. The number of hydrogen-bond acceptors (Lipinski definition) is 2. The summed E-state index contributed by atoms with van der Waals surface area (Å²) in [5.41, 5.74) is 2.67. The van der Waals surface area contributed by atoms with Gasteiger partial charge >= 0.3 is 0 Å². The quantitative estimate of drug-likeness (QED) is 0.833. The molecule has 1 aromatic heterocycles. The van der Waals surface area contributed by atoms with Crippen LogP contribution < -0.4 is 5.32 Å². The Morgan fingerprint density at radius 2 is 2.06 bits per heavy atom. The molecule has 0 amide bonds. The van der Waals surface area contributed by atoms with Crippen molar-refractivity contribution < 1.29 is 0 Å². The van der Waals surface area contributed by atoms with E-state index in [9.17, 15) is 0 Å². The lowest BCUT2D eigenvalue weighted by Crippen LogP contribution is -2.12. The molecule has 86 valence electrons. The number of hydrogen-bond donors (Lipinski definition) is 1. The van der Waals surface area contributed by atoms with Crippen molar-refractivity contribution in [2.45, 2.75) is 6.92 Å². The van der Waals surface area contributed by atoms with Crippen molar-refractivity contribution in [2.75, 3.05) is 5.32 Å². The van der Waals surface area contributed by atoms with Crippen LogP contribution in [0.25, 0.3) is 0 Å². The lowest BCUT2D eigenvalue weighted by Gasteiger charge is -2.09. The van der Waals surface area contributed by atoms with E-state index in [2.05, 4.69) is 10.3 Å². The van der Waals surface area contributed by atoms with Gasteiger partial charge in [-0.05, 0) is 36.8 Å². The Bertz CT molecular complexity index is 555. The molecule has 17 heavy (non-hydrogen) atoms. The molecular formula is C13H11ClN2S. The molecule has 0 bridgehead atoms. The summed E-state index contributed by atoms with van der Waals surface area (Å²) in [6.45, 7) is 2.00. The summed E-state index contributed by atoms with van der Waals surface area (Å²) in [5, 5.41) is 3.73. The number of benzene rings is 1. The molecule has 0 aliphatic heterocycles. The topological polar surface area (TPSA) is 24.9 Å². The lowest BCUT2D eigenvalue weighted by atomic mass is 10.2. The van der Waals surface area contributed by atoms with Gasteiger partial charge in [0.1, 0.15) is 4.99 Å². The molecular weight excluding hydrogens is 252 g/mol. The third kappa shape index (κ3) is 3.02. The number of nitrogens with one attached hydrogen (secondary N) is 1. The highest BCUT2D eigenvalue weighted by molar-refractivity contribution is 7.81. The van der Waals surface area contributed by atoms with Crippen LogP contribution >= 0.6 is 23.8 Å². The fourth-order valence-electron chi connectivity index (χ4n) is 1.41. The SMILES string of the molecule is Cc1ccnc(C(=S)Nc2ccccc2Cl)c1. The highest BCUT2D eigenvalue weighted by atomic mass is 35.5. The lowest BCUT2D eigenvalue weighted by molar-refractivity contribution is 1.26. The summed E-state index contributed by atoms with van der Waals surface area (Å²) >= 11 is 11.3. The Morgan fingerprint density at radius 3 is 2.76 bits per heavy atom. The van der Waals surface area contributed by atoms with Crippen molar-refractivity contribution in [1.29, 1.82) is 0 Å². The maximum absolute atomic E-state index is 6.04. The van der Waals surface area contributed by atoms with Gasteiger partial charge in [-0.1, -0.05) is 36.0 Å².